The third-order valence-electron chi connectivity index (χ3n) is 3.65. The molecule has 2 N–H and O–H groups in total. The summed E-state index contributed by atoms with van der Waals surface area (Å²) >= 11 is 0. The smallest absolute Gasteiger partial charge is 0.221 e. The van der Waals surface area contributed by atoms with Crippen LogP contribution in [0.15, 0.2) is 0 Å². The molecule has 1 rings (SSSR count). The quantitative estimate of drug-likeness (QED) is 0.542. The molecule has 0 bridgehead atoms. The van der Waals surface area contributed by atoms with Gasteiger partial charge in [-0.25, -0.2) is 0 Å². The van der Waals surface area contributed by atoms with E-state index in [0.29, 0.717) is 12.5 Å². The predicted molar refractivity (Wildman–Crippen MR) is 76.6 cm³/mol. The molecule has 0 heterocycles. The van der Waals surface area contributed by atoms with Gasteiger partial charge in [0.1, 0.15) is 0 Å². The predicted octanol–water partition coefficient (Wildman–Crippen LogP) is 2.85. The number of rotatable bonds is 7. The fourth-order valence-corrected chi connectivity index (χ4v) is 2.44. The van der Waals surface area contributed by atoms with E-state index in [9.17, 15) is 4.79 Å². The van der Waals surface area contributed by atoms with Gasteiger partial charge in [0, 0.05) is 19.0 Å². The van der Waals surface area contributed by atoms with Crippen LogP contribution in [0.5, 0.6) is 0 Å². The van der Waals surface area contributed by atoms with Gasteiger partial charge in [-0.3, -0.25) is 4.79 Å². The molecule has 106 valence electrons. The molecule has 0 saturated heterocycles. The van der Waals surface area contributed by atoms with Crippen molar-refractivity contribution in [3.05, 3.63) is 0 Å². The van der Waals surface area contributed by atoms with Crippen LogP contribution in [-0.4, -0.2) is 25.0 Å². The van der Waals surface area contributed by atoms with E-state index in [1.165, 1.54) is 44.9 Å². The minimum atomic E-state index is 0.221. The lowest BCUT2D eigenvalue weighted by atomic mass is 10.1. The maximum absolute atomic E-state index is 11.8. The monoisotopic (exact) mass is 254 g/mol. The van der Waals surface area contributed by atoms with Crippen LogP contribution in [0.4, 0.5) is 0 Å². The number of amides is 1. The van der Waals surface area contributed by atoms with Crippen molar-refractivity contribution in [3.63, 3.8) is 0 Å². The van der Waals surface area contributed by atoms with Gasteiger partial charge in [-0.1, -0.05) is 39.5 Å². The minimum Gasteiger partial charge on any atom is -0.353 e. The van der Waals surface area contributed by atoms with Crippen LogP contribution in [0.2, 0.25) is 0 Å². The topological polar surface area (TPSA) is 41.1 Å². The summed E-state index contributed by atoms with van der Waals surface area (Å²) in [7, 11) is 0. The highest BCUT2D eigenvalue weighted by Gasteiger charge is 2.14. The Morgan fingerprint density at radius 2 is 1.78 bits per heavy atom. The molecule has 1 fully saturated rings. The molecular weight excluding hydrogens is 224 g/mol. The van der Waals surface area contributed by atoms with E-state index in [2.05, 4.69) is 24.5 Å². The van der Waals surface area contributed by atoms with Crippen LogP contribution >= 0.6 is 0 Å². The average molecular weight is 254 g/mol. The van der Waals surface area contributed by atoms with E-state index in [1.54, 1.807) is 0 Å². The van der Waals surface area contributed by atoms with Gasteiger partial charge in [0.2, 0.25) is 5.91 Å². The van der Waals surface area contributed by atoms with Crippen molar-refractivity contribution in [3.8, 4) is 0 Å². The molecule has 0 aliphatic heterocycles. The van der Waals surface area contributed by atoms with E-state index >= 15 is 0 Å². The second-order valence-corrected chi connectivity index (χ2v) is 5.94. The van der Waals surface area contributed by atoms with Crippen molar-refractivity contribution in [1.29, 1.82) is 0 Å². The molecule has 0 unspecified atom stereocenters. The zero-order valence-corrected chi connectivity index (χ0v) is 12.1. The van der Waals surface area contributed by atoms with Crippen molar-refractivity contribution in [1.82, 2.24) is 10.6 Å². The number of hydrogen-bond donors (Lipinski definition) is 2. The van der Waals surface area contributed by atoms with Gasteiger partial charge < -0.3 is 10.6 Å². The summed E-state index contributed by atoms with van der Waals surface area (Å²) in [5.74, 6) is 0.955. The molecule has 0 radical (unpaired) electrons. The first-order valence-corrected chi connectivity index (χ1v) is 7.68. The summed E-state index contributed by atoms with van der Waals surface area (Å²) in [6, 6.07) is 0.440. The van der Waals surface area contributed by atoms with Gasteiger partial charge in [0.25, 0.3) is 0 Å². The molecule has 0 atom stereocenters. The SMILES string of the molecule is CC(C)CCNCCC(=O)NC1CCCCCC1. The summed E-state index contributed by atoms with van der Waals surface area (Å²) in [5.41, 5.74) is 0. The van der Waals surface area contributed by atoms with E-state index < -0.39 is 0 Å². The standard InChI is InChI=1S/C15H30N2O/c1-13(2)9-11-16-12-10-15(18)17-14-7-5-3-4-6-8-14/h13-14,16H,3-12H2,1-2H3,(H,17,18). The molecule has 3 heteroatoms. The van der Waals surface area contributed by atoms with Crippen LogP contribution in [0.25, 0.3) is 0 Å². The molecule has 1 amide bonds. The molecule has 1 aliphatic rings. The normalized spacial score (nSPS) is 17.7. The Bertz CT molecular complexity index is 221. The third-order valence-corrected chi connectivity index (χ3v) is 3.65. The highest BCUT2D eigenvalue weighted by Crippen LogP contribution is 2.17. The van der Waals surface area contributed by atoms with Crippen LogP contribution < -0.4 is 10.6 Å². The fourth-order valence-electron chi connectivity index (χ4n) is 2.44. The Morgan fingerprint density at radius 3 is 2.39 bits per heavy atom. The van der Waals surface area contributed by atoms with Crippen molar-refractivity contribution in [2.45, 2.75) is 71.3 Å². The van der Waals surface area contributed by atoms with Crippen LogP contribution in [0.1, 0.15) is 65.2 Å². The number of nitrogens with one attached hydrogen (secondary N) is 2. The largest absolute Gasteiger partial charge is 0.353 e. The van der Waals surface area contributed by atoms with Crippen LogP contribution in [-0.2, 0) is 4.79 Å². The lowest BCUT2D eigenvalue weighted by molar-refractivity contribution is -0.121. The maximum Gasteiger partial charge on any atom is 0.221 e. The lowest BCUT2D eigenvalue weighted by Gasteiger charge is -2.16. The summed E-state index contributed by atoms with van der Waals surface area (Å²) in [6.45, 7) is 6.28. The van der Waals surface area contributed by atoms with Crippen molar-refractivity contribution < 1.29 is 4.79 Å². The summed E-state index contributed by atoms with van der Waals surface area (Å²) in [4.78, 5) is 11.8. The van der Waals surface area contributed by atoms with Gasteiger partial charge >= 0.3 is 0 Å². The first-order chi connectivity index (χ1) is 8.68. The fraction of sp³-hybridized carbons (Fsp3) is 0.933. The second-order valence-electron chi connectivity index (χ2n) is 5.94. The summed E-state index contributed by atoms with van der Waals surface area (Å²) < 4.78 is 0. The first-order valence-electron chi connectivity index (χ1n) is 7.68. The Labute approximate surface area is 112 Å². The number of carbonyl (C=O) groups excluding carboxylic acids is 1. The Balaban J connectivity index is 2.02. The Hall–Kier alpha value is -0.570. The first kappa shape index (κ1) is 15.5. The van der Waals surface area contributed by atoms with E-state index in [-0.39, 0.29) is 5.91 Å². The van der Waals surface area contributed by atoms with Crippen LogP contribution in [0.3, 0.4) is 0 Å². The van der Waals surface area contributed by atoms with E-state index in [1.807, 2.05) is 0 Å². The molecular formula is C15H30N2O. The van der Waals surface area contributed by atoms with Gasteiger partial charge in [-0.15, -0.1) is 0 Å². The zero-order valence-electron chi connectivity index (χ0n) is 12.1. The summed E-state index contributed by atoms with van der Waals surface area (Å²) in [6.07, 6.45) is 9.37. The molecule has 18 heavy (non-hydrogen) atoms. The van der Waals surface area contributed by atoms with E-state index in [4.69, 9.17) is 0 Å². The molecule has 0 aromatic heterocycles. The van der Waals surface area contributed by atoms with Crippen LogP contribution in [0, 0.1) is 5.92 Å². The molecule has 0 aromatic rings. The Morgan fingerprint density at radius 1 is 1.11 bits per heavy atom. The van der Waals surface area contributed by atoms with Gasteiger partial charge in [-0.2, -0.15) is 0 Å². The average Bonchev–Trinajstić information content (AvgIpc) is 2.56. The van der Waals surface area contributed by atoms with Gasteiger partial charge in [-0.05, 0) is 31.7 Å². The maximum atomic E-state index is 11.8. The molecule has 3 nitrogen and oxygen atoms in total. The zero-order chi connectivity index (χ0) is 13.2. The number of hydrogen-bond acceptors (Lipinski definition) is 2. The minimum absolute atomic E-state index is 0.221. The summed E-state index contributed by atoms with van der Waals surface area (Å²) in [5, 5.41) is 6.52. The van der Waals surface area contributed by atoms with Crippen molar-refractivity contribution >= 4 is 5.91 Å². The lowest BCUT2D eigenvalue weighted by Crippen LogP contribution is -2.36. The molecule has 1 aliphatic carbocycles. The molecule has 1 saturated carbocycles. The van der Waals surface area contributed by atoms with Gasteiger partial charge in [0.15, 0.2) is 0 Å². The second kappa shape index (κ2) is 9.37. The third kappa shape index (κ3) is 7.70. The Kier molecular flexibility index (Phi) is 8.06. The van der Waals surface area contributed by atoms with Gasteiger partial charge in [0.05, 0.1) is 0 Å². The molecule has 0 spiro atoms. The molecule has 0 aromatic carbocycles. The van der Waals surface area contributed by atoms with Crippen molar-refractivity contribution in [2.24, 2.45) is 5.92 Å². The highest BCUT2D eigenvalue weighted by atomic mass is 16.1. The highest BCUT2D eigenvalue weighted by molar-refractivity contribution is 5.76. The van der Waals surface area contributed by atoms with Crippen molar-refractivity contribution in [2.75, 3.05) is 13.1 Å². The van der Waals surface area contributed by atoms with E-state index in [0.717, 1.165) is 19.0 Å². The number of carbonyl (C=O) groups is 1.